The first-order valence-electron chi connectivity index (χ1n) is 8.66. The minimum absolute atomic E-state index is 0.0493. The van der Waals surface area contributed by atoms with E-state index in [1.807, 2.05) is 12.1 Å². The van der Waals surface area contributed by atoms with Crippen molar-refractivity contribution in [1.29, 1.82) is 0 Å². The molecule has 2 heterocycles. The van der Waals surface area contributed by atoms with Gasteiger partial charge in [0, 0.05) is 24.4 Å². The van der Waals surface area contributed by atoms with Gasteiger partial charge < -0.3 is 15.4 Å². The van der Waals surface area contributed by atoms with Crippen LogP contribution in [0.15, 0.2) is 47.9 Å². The number of hydrogen-bond acceptors (Lipinski definition) is 4. The quantitative estimate of drug-likeness (QED) is 0.631. The Bertz CT molecular complexity index is 785. The Morgan fingerprint density at radius 2 is 2.28 bits per heavy atom. The summed E-state index contributed by atoms with van der Waals surface area (Å²) in [6.45, 7) is 1.03. The van der Waals surface area contributed by atoms with Crippen molar-refractivity contribution in [2.24, 2.45) is 5.92 Å². The van der Waals surface area contributed by atoms with Crippen LogP contribution in [0, 0.1) is 5.92 Å². The number of methoxy groups -OCH3 is 1. The minimum atomic E-state index is -0.0493. The van der Waals surface area contributed by atoms with Gasteiger partial charge in [-0.1, -0.05) is 30.4 Å². The van der Waals surface area contributed by atoms with Crippen molar-refractivity contribution in [2.75, 3.05) is 25.6 Å². The van der Waals surface area contributed by atoms with Crippen LogP contribution >= 0.6 is 11.3 Å². The average molecular weight is 354 g/mol. The number of fused-ring (bicyclic) bond motifs is 3. The van der Waals surface area contributed by atoms with Gasteiger partial charge in [0.2, 0.25) is 0 Å². The Balaban J connectivity index is 1.69. The molecule has 1 aliphatic carbocycles. The first kappa shape index (κ1) is 16.4. The molecule has 0 saturated carbocycles. The number of nitrogens with one attached hydrogen (secondary N) is 2. The molecule has 3 atom stereocenters. The van der Waals surface area contributed by atoms with Crippen LogP contribution in [-0.2, 0) is 4.74 Å². The molecule has 2 N–H and O–H groups in total. The number of benzene rings is 1. The molecular formula is C20H22N2O2S. The van der Waals surface area contributed by atoms with E-state index in [1.54, 1.807) is 18.4 Å². The summed E-state index contributed by atoms with van der Waals surface area (Å²) in [6, 6.07) is 10.6. The summed E-state index contributed by atoms with van der Waals surface area (Å²) in [6.07, 6.45) is 5.65. The molecule has 1 amide bonds. The molecule has 2 aliphatic rings. The van der Waals surface area contributed by atoms with Crippen molar-refractivity contribution in [1.82, 2.24) is 5.32 Å². The molecule has 1 aromatic carbocycles. The van der Waals surface area contributed by atoms with E-state index in [9.17, 15) is 4.79 Å². The summed E-state index contributed by atoms with van der Waals surface area (Å²) in [7, 11) is 1.64. The van der Waals surface area contributed by atoms with Gasteiger partial charge in [-0.2, -0.15) is 0 Å². The molecule has 0 fully saturated rings. The molecule has 130 valence electrons. The predicted molar refractivity (Wildman–Crippen MR) is 101 cm³/mol. The first-order chi connectivity index (χ1) is 12.3. The van der Waals surface area contributed by atoms with Gasteiger partial charge in [0.1, 0.15) is 0 Å². The average Bonchev–Trinajstić information content (AvgIpc) is 3.32. The third-order valence-corrected chi connectivity index (χ3v) is 6.04. The number of hydrogen-bond donors (Lipinski definition) is 2. The fraction of sp³-hybridized carbons (Fsp3) is 0.350. The largest absolute Gasteiger partial charge is 0.383 e. The second-order valence-corrected chi connectivity index (χ2v) is 7.49. The van der Waals surface area contributed by atoms with E-state index in [0.717, 1.165) is 12.1 Å². The third-order valence-electron chi connectivity index (χ3n) is 5.08. The summed E-state index contributed by atoms with van der Waals surface area (Å²) in [5.41, 5.74) is 2.92. The van der Waals surface area contributed by atoms with Crippen molar-refractivity contribution in [3.8, 4) is 0 Å². The Kier molecular flexibility index (Phi) is 4.59. The molecule has 4 rings (SSSR count). The lowest BCUT2D eigenvalue weighted by molar-refractivity contribution is 0.0937. The summed E-state index contributed by atoms with van der Waals surface area (Å²) in [5, 5.41) is 8.75. The maximum absolute atomic E-state index is 12.7. The number of carbonyl (C=O) groups excluding carboxylic acids is 1. The van der Waals surface area contributed by atoms with E-state index < -0.39 is 0 Å². The molecule has 3 unspecified atom stereocenters. The monoisotopic (exact) mass is 354 g/mol. The van der Waals surface area contributed by atoms with E-state index in [0.29, 0.717) is 30.6 Å². The lowest BCUT2D eigenvalue weighted by atomic mass is 9.78. The Hall–Kier alpha value is -2.11. The van der Waals surface area contributed by atoms with E-state index >= 15 is 0 Å². The highest BCUT2D eigenvalue weighted by Crippen LogP contribution is 2.51. The second kappa shape index (κ2) is 7.02. The fourth-order valence-electron chi connectivity index (χ4n) is 3.92. The molecule has 0 bridgehead atoms. The van der Waals surface area contributed by atoms with Gasteiger partial charge in [-0.3, -0.25) is 4.79 Å². The molecule has 0 spiro atoms. The van der Waals surface area contributed by atoms with Gasteiger partial charge in [-0.05, 0) is 35.4 Å². The highest BCUT2D eigenvalue weighted by molar-refractivity contribution is 7.10. The van der Waals surface area contributed by atoms with Crippen molar-refractivity contribution in [3.63, 3.8) is 0 Å². The Morgan fingerprint density at radius 1 is 1.36 bits per heavy atom. The number of para-hydroxylation sites is 1. The summed E-state index contributed by atoms with van der Waals surface area (Å²) in [4.78, 5) is 14.0. The van der Waals surface area contributed by atoms with Crippen LogP contribution in [0.4, 0.5) is 5.69 Å². The van der Waals surface area contributed by atoms with Crippen molar-refractivity contribution in [2.45, 2.75) is 18.4 Å². The van der Waals surface area contributed by atoms with E-state index in [1.165, 1.54) is 10.4 Å². The van der Waals surface area contributed by atoms with Crippen LogP contribution in [0.1, 0.15) is 39.2 Å². The number of allylic oxidation sites excluding steroid dienone is 2. The molecule has 1 aliphatic heterocycles. The van der Waals surface area contributed by atoms with Crippen molar-refractivity contribution >= 4 is 22.9 Å². The van der Waals surface area contributed by atoms with Crippen LogP contribution in [-0.4, -0.2) is 26.2 Å². The number of carbonyl (C=O) groups is 1. The molecule has 0 radical (unpaired) electrons. The molecule has 2 aromatic rings. The van der Waals surface area contributed by atoms with E-state index in [-0.39, 0.29) is 11.9 Å². The number of rotatable bonds is 5. The summed E-state index contributed by atoms with van der Waals surface area (Å²) in [5.74, 6) is 0.833. The topological polar surface area (TPSA) is 50.4 Å². The predicted octanol–water partition coefficient (Wildman–Crippen LogP) is 3.95. The van der Waals surface area contributed by atoms with Gasteiger partial charge in [-0.15, -0.1) is 11.3 Å². The van der Waals surface area contributed by atoms with E-state index in [4.69, 9.17) is 4.74 Å². The maximum Gasteiger partial charge on any atom is 0.253 e. The standard InChI is InChI=1S/C20H22N2O2S/c1-24-11-10-21-20(23)16-8-3-6-14-13-5-2-7-15(13)19(22-18(14)16)17-9-4-12-25-17/h2-6,8-9,12-13,15,19,22H,7,10-11H2,1H3,(H,21,23). The zero-order valence-electron chi connectivity index (χ0n) is 14.2. The van der Waals surface area contributed by atoms with Crippen LogP contribution in [0.2, 0.25) is 0 Å². The second-order valence-electron chi connectivity index (χ2n) is 6.51. The first-order valence-corrected chi connectivity index (χ1v) is 9.54. The molecule has 1 aromatic heterocycles. The zero-order valence-corrected chi connectivity index (χ0v) is 15.0. The molecular weight excluding hydrogens is 332 g/mol. The number of thiophene rings is 1. The lowest BCUT2D eigenvalue weighted by Gasteiger charge is -2.37. The van der Waals surface area contributed by atoms with Crippen LogP contribution < -0.4 is 10.6 Å². The Morgan fingerprint density at radius 3 is 3.08 bits per heavy atom. The van der Waals surface area contributed by atoms with Gasteiger partial charge in [-0.25, -0.2) is 0 Å². The highest BCUT2D eigenvalue weighted by Gasteiger charge is 2.39. The lowest BCUT2D eigenvalue weighted by Crippen LogP contribution is -2.32. The normalized spacial score (nSPS) is 23.6. The van der Waals surface area contributed by atoms with Gasteiger partial charge in [0.25, 0.3) is 5.91 Å². The highest BCUT2D eigenvalue weighted by atomic mass is 32.1. The summed E-state index contributed by atoms with van der Waals surface area (Å²) < 4.78 is 5.03. The Labute approximate surface area is 151 Å². The maximum atomic E-state index is 12.7. The van der Waals surface area contributed by atoms with Gasteiger partial charge in [0.15, 0.2) is 0 Å². The number of ether oxygens (including phenoxy) is 1. The zero-order chi connectivity index (χ0) is 17.2. The van der Waals surface area contributed by atoms with Crippen LogP contribution in [0.3, 0.4) is 0 Å². The van der Waals surface area contributed by atoms with Crippen LogP contribution in [0.5, 0.6) is 0 Å². The summed E-state index contributed by atoms with van der Waals surface area (Å²) >= 11 is 1.78. The van der Waals surface area contributed by atoms with Crippen LogP contribution in [0.25, 0.3) is 0 Å². The fourth-order valence-corrected chi connectivity index (χ4v) is 4.77. The molecule has 25 heavy (non-hydrogen) atoms. The minimum Gasteiger partial charge on any atom is -0.383 e. The number of amides is 1. The van der Waals surface area contributed by atoms with Crippen molar-refractivity contribution in [3.05, 3.63) is 63.9 Å². The molecule has 5 heteroatoms. The smallest absolute Gasteiger partial charge is 0.253 e. The van der Waals surface area contributed by atoms with Gasteiger partial charge >= 0.3 is 0 Å². The molecule has 4 nitrogen and oxygen atoms in total. The number of anilines is 1. The molecule has 0 saturated heterocycles. The van der Waals surface area contributed by atoms with Gasteiger partial charge in [0.05, 0.1) is 23.9 Å². The van der Waals surface area contributed by atoms with E-state index in [2.05, 4.69) is 46.4 Å². The third kappa shape index (κ3) is 2.98. The SMILES string of the molecule is COCCNC(=O)c1cccc2c1NC(c1cccs1)C1CC=CC21. The van der Waals surface area contributed by atoms with Crippen molar-refractivity contribution < 1.29 is 9.53 Å².